The van der Waals surface area contributed by atoms with Crippen molar-refractivity contribution in [3.63, 3.8) is 0 Å². The summed E-state index contributed by atoms with van der Waals surface area (Å²) in [5.41, 5.74) is -0.281. The van der Waals surface area contributed by atoms with Crippen LogP contribution in [0.1, 0.15) is 32.1 Å². The van der Waals surface area contributed by atoms with E-state index in [0.29, 0.717) is 30.5 Å². The molecule has 4 rings (SSSR count). The summed E-state index contributed by atoms with van der Waals surface area (Å²) in [6.45, 7) is 3.56. The lowest BCUT2D eigenvalue weighted by Crippen LogP contribution is -2.47. The van der Waals surface area contributed by atoms with Gasteiger partial charge in [0.05, 0.1) is 5.92 Å². The van der Waals surface area contributed by atoms with Crippen molar-refractivity contribution in [2.24, 2.45) is 11.3 Å². The molecule has 0 aliphatic carbocycles. The van der Waals surface area contributed by atoms with Crippen molar-refractivity contribution in [1.29, 1.82) is 0 Å². The molecule has 0 radical (unpaired) electrons. The van der Waals surface area contributed by atoms with Crippen molar-refractivity contribution < 1.29 is 17.9 Å². The minimum absolute atomic E-state index is 0.149. The highest BCUT2D eigenvalue weighted by Crippen LogP contribution is 2.47. The fourth-order valence-electron chi connectivity index (χ4n) is 4.60. The second kappa shape index (κ2) is 7.22. The molecule has 0 unspecified atom stereocenters. The molecule has 26 heavy (non-hydrogen) atoms. The number of amides is 1. The Morgan fingerprint density at radius 2 is 1.92 bits per heavy atom. The van der Waals surface area contributed by atoms with Gasteiger partial charge in [0.15, 0.2) is 0 Å². The SMILES string of the molecule is O=C([C@@H]1CN(S(=O)(=O)c2cccs2)CC12CCOCC2)N1CCCCC1. The molecule has 144 valence electrons. The molecule has 3 aliphatic heterocycles. The number of ether oxygens (including phenoxy) is 1. The molecular formula is C18H26N2O4S2. The highest BCUT2D eigenvalue weighted by molar-refractivity contribution is 7.91. The summed E-state index contributed by atoms with van der Waals surface area (Å²) < 4.78 is 33.5. The Morgan fingerprint density at radius 1 is 1.19 bits per heavy atom. The molecule has 0 N–H and O–H groups in total. The van der Waals surface area contributed by atoms with Crippen LogP contribution in [0.4, 0.5) is 0 Å². The van der Waals surface area contributed by atoms with Crippen LogP contribution in [-0.4, -0.2) is 62.9 Å². The highest BCUT2D eigenvalue weighted by Gasteiger charge is 2.54. The normalized spacial score (nSPS) is 27.1. The Kier molecular flexibility index (Phi) is 5.11. The third kappa shape index (κ3) is 3.21. The van der Waals surface area contributed by atoms with E-state index >= 15 is 0 Å². The van der Waals surface area contributed by atoms with Crippen LogP contribution in [0.5, 0.6) is 0 Å². The lowest BCUT2D eigenvalue weighted by molar-refractivity contribution is -0.141. The van der Waals surface area contributed by atoms with Crippen molar-refractivity contribution in [2.45, 2.75) is 36.3 Å². The first kappa shape index (κ1) is 18.4. The minimum Gasteiger partial charge on any atom is -0.381 e. The van der Waals surface area contributed by atoms with E-state index in [-0.39, 0.29) is 17.2 Å². The standard InChI is InChI=1S/C18H26N2O4S2/c21-17(19-8-2-1-3-9-19)15-13-20(14-18(15)6-10-24-11-7-18)26(22,23)16-5-4-12-25-16/h4-5,12,15H,1-3,6-11,13-14H2/t15-/m0/s1. The molecule has 1 spiro atoms. The van der Waals surface area contributed by atoms with Gasteiger partial charge >= 0.3 is 0 Å². The van der Waals surface area contributed by atoms with Crippen LogP contribution in [0, 0.1) is 11.3 Å². The maximum atomic E-state index is 13.3. The molecule has 1 aromatic rings. The Morgan fingerprint density at radius 3 is 2.58 bits per heavy atom. The van der Waals surface area contributed by atoms with Gasteiger partial charge in [0, 0.05) is 44.8 Å². The number of carbonyl (C=O) groups excluding carboxylic acids is 1. The first-order chi connectivity index (χ1) is 12.5. The zero-order chi connectivity index (χ0) is 18.2. The second-order valence-corrected chi connectivity index (χ2v) is 10.8. The fraction of sp³-hybridized carbons (Fsp3) is 0.722. The van der Waals surface area contributed by atoms with Gasteiger partial charge in [-0.2, -0.15) is 4.31 Å². The molecular weight excluding hydrogens is 372 g/mol. The number of likely N-dealkylation sites (tertiary alicyclic amines) is 1. The minimum atomic E-state index is -3.53. The van der Waals surface area contributed by atoms with E-state index in [0.717, 1.165) is 38.8 Å². The smallest absolute Gasteiger partial charge is 0.252 e. The predicted molar refractivity (Wildman–Crippen MR) is 99.5 cm³/mol. The van der Waals surface area contributed by atoms with E-state index in [1.54, 1.807) is 21.8 Å². The van der Waals surface area contributed by atoms with Gasteiger partial charge < -0.3 is 9.64 Å². The highest BCUT2D eigenvalue weighted by atomic mass is 32.2. The largest absolute Gasteiger partial charge is 0.381 e. The van der Waals surface area contributed by atoms with E-state index in [4.69, 9.17) is 4.74 Å². The van der Waals surface area contributed by atoms with Crippen LogP contribution in [-0.2, 0) is 19.6 Å². The summed E-state index contributed by atoms with van der Waals surface area (Å²) in [6, 6.07) is 3.41. The summed E-state index contributed by atoms with van der Waals surface area (Å²) in [5, 5.41) is 1.78. The van der Waals surface area contributed by atoms with Crippen LogP contribution in [0.3, 0.4) is 0 Å². The van der Waals surface area contributed by atoms with Gasteiger partial charge in [-0.25, -0.2) is 8.42 Å². The molecule has 4 heterocycles. The van der Waals surface area contributed by atoms with Crippen molar-refractivity contribution >= 4 is 27.3 Å². The summed E-state index contributed by atoms with van der Waals surface area (Å²) in [5.74, 6) is -0.102. The zero-order valence-electron chi connectivity index (χ0n) is 14.9. The van der Waals surface area contributed by atoms with Gasteiger partial charge in [0.25, 0.3) is 10.0 Å². The molecule has 1 aromatic heterocycles. The Bertz CT molecular complexity index is 735. The summed E-state index contributed by atoms with van der Waals surface area (Å²) >= 11 is 1.24. The third-order valence-electron chi connectivity index (χ3n) is 6.16. The summed E-state index contributed by atoms with van der Waals surface area (Å²) in [7, 11) is -3.53. The van der Waals surface area contributed by atoms with Crippen LogP contribution in [0.2, 0.25) is 0 Å². The predicted octanol–water partition coefficient (Wildman–Crippen LogP) is 2.18. The molecule has 8 heteroatoms. The fourth-order valence-corrected chi connectivity index (χ4v) is 7.30. The molecule has 3 saturated heterocycles. The number of piperidine rings is 1. The molecule has 6 nitrogen and oxygen atoms in total. The van der Waals surface area contributed by atoms with Crippen LogP contribution >= 0.6 is 11.3 Å². The quantitative estimate of drug-likeness (QED) is 0.783. The number of nitrogens with zero attached hydrogens (tertiary/aromatic N) is 2. The molecule has 0 bridgehead atoms. The molecule has 1 amide bonds. The van der Waals surface area contributed by atoms with Crippen molar-refractivity contribution in [1.82, 2.24) is 9.21 Å². The monoisotopic (exact) mass is 398 g/mol. The molecule has 3 fully saturated rings. The molecule has 3 aliphatic rings. The maximum Gasteiger partial charge on any atom is 0.252 e. The average molecular weight is 399 g/mol. The van der Waals surface area contributed by atoms with Crippen molar-refractivity contribution in [3.8, 4) is 0 Å². The first-order valence-electron chi connectivity index (χ1n) is 9.43. The number of hydrogen-bond acceptors (Lipinski definition) is 5. The Balaban J connectivity index is 1.62. The number of hydrogen-bond donors (Lipinski definition) is 0. The number of thiophene rings is 1. The van der Waals surface area contributed by atoms with E-state index in [9.17, 15) is 13.2 Å². The number of carbonyl (C=O) groups is 1. The number of sulfonamides is 1. The van der Waals surface area contributed by atoms with Crippen molar-refractivity contribution in [2.75, 3.05) is 39.4 Å². The molecule has 0 saturated carbocycles. The van der Waals surface area contributed by atoms with E-state index in [1.807, 2.05) is 4.90 Å². The molecule has 1 atom stereocenters. The zero-order valence-corrected chi connectivity index (χ0v) is 16.6. The third-order valence-corrected chi connectivity index (χ3v) is 9.35. The van der Waals surface area contributed by atoms with Gasteiger partial charge in [0.2, 0.25) is 5.91 Å². The number of rotatable bonds is 3. The van der Waals surface area contributed by atoms with Gasteiger partial charge in [0.1, 0.15) is 4.21 Å². The van der Waals surface area contributed by atoms with E-state index in [2.05, 4.69) is 0 Å². The van der Waals surface area contributed by atoms with Gasteiger partial charge in [-0.3, -0.25) is 4.79 Å². The lowest BCUT2D eigenvalue weighted by atomic mass is 9.71. The summed E-state index contributed by atoms with van der Waals surface area (Å²) in [6.07, 6.45) is 4.78. The van der Waals surface area contributed by atoms with Gasteiger partial charge in [-0.15, -0.1) is 11.3 Å². The topological polar surface area (TPSA) is 66.9 Å². The van der Waals surface area contributed by atoms with Crippen molar-refractivity contribution in [3.05, 3.63) is 17.5 Å². The van der Waals surface area contributed by atoms with Crippen LogP contribution < -0.4 is 0 Å². The van der Waals surface area contributed by atoms with Gasteiger partial charge in [-0.05, 0) is 43.6 Å². The Hall–Kier alpha value is -0.960. The van der Waals surface area contributed by atoms with Crippen LogP contribution in [0.25, 0.3) is 0 Å². The Labute approximate surface area is 159 Å². The lowest BCUT2D eigenvalue weighted by Gasteiger charge is -2.40. The molecule has 0 aromatic carbocycles. The van der Waals surface area contributed by atoms with E-state index < -0.39 is 10.0 Å². The average Bonchev–Trinajstić information content (AvgIpc) is 3.32. The maximum absolute atomic E-state index is 13.3. The van der Waals surface area contributed by atoms with Crippen LogP contribution in [0.15, 0.2) is 21.7 Å². The van der Waals surface area contributed by atoms with E-state index in [1.165, 1.54) is 17.8 Å². The van der Waals surface area contributed by atoms with Gasteiger partial charge in [-0.1, -0.05) is 6.07 Å². The first-order valence-corrected chi connectivity index (χ1v) is 11.8. The summed E-state index contributed by atoms with van der Waals surface area (Å²) in [4.78, 5) is 15.3. The second-order valence-electron chi connectivity index (χ2n) is 7.64.